The van der Waals surface area contributed by atoms with Crippen LogP contribution in [-0.2, 0) is 37.0 Å². The molecular formula is C37H39NO7S. The van der Waals surface area contributed by atoms with Crippen LogP contribution in [0.2, 0.25) is 0 Å². The molecule has 1 aliphatic rings. The van der Waals surface area contributed by atoms with Gasteiger partial charge in [-0.05, 0) is 59.0 Å². The monoisotopic (exact) mass is 641 g/mol. The maximum atomic E-state index is 12.3. The number of aliphatic hydroxyl groups is 1. The van der Waals surface area contributed by atoms with Crippen LogP contribution in [0.4, 0.5) is 0 Å². The van der Waals surface area contributed by atoms with E-state index < -0.39 is 18.4 Å². The molecule has 240 valence electrons. The van der Waals surface area contributed by atoms with Crippen molar-refractivity contribution in [2.45, 2.75) is 62.9 Å². The zero-order chi connectivity index (χ0) is 32.5. The van der Waals surface area contributed by atoms with Crippen LogP contribution in [0, 0.1) is 0 Å². The molecule has 0 aromatic heterocycles. The molecule has 0 unspecified atom stereocenters. The predicted molar refractivity (Wildman–Crippen MR) is 177 cm³/mol. The lowest BCUT2D eigenvalue weighted by molar-refractivity contribution is -0.245. The van der Waals surface area contributed by atoms with Crippen LogP contribution in [0.15, 0.2) is 102 Å². The highest BCUT2D eigenvalue weighted by atomic mass is 32.2. The molecule has 0 radical (unpaired) electrons. The minimum Gasteiger partial charge on any atom is -0.496 e. The average Bonchev–Trinajstić information content (AvgIpc) is 3.09. The molecule has 0 aliphatic carbocycles. The van der Waals surface area contributed by atoms with Crippen LogP contribution in [0.25, 0.3) is 11.1 Å². The third-order valence-electron chi connectivity index (χ3n) is 7.71. The minimum absolute atomic E-state index is 0.0104. The van der Waals surface area contributed by atoms with Crippen LogP contribution < -0.4 is 10.1 Å². The summed E-state index contributed by atoms with van der Waals surface area (Å²) in [5, 5.41) is 12.4. The third kappa shape index (κ3) is 8.76. The number of benzene rings is 4. The fraction of sp³-hybridized carbons (Fsp3) is 0.297. The predicted octanol–water partition coefficient (Wildman–Crippen LogP) is 6.76. The summed E-state index contributed by atoms with van der Waals surface area (Å²) in [6.07, 6.45) is -1.06. The average molecular weight is 642 g/mol. The van der Waals surface area contributed by atoms with Gasteiger partial charge in [0.1, 0.15) is 5.75 Å². The third-order valence-corrected chi connectivity index (χ3v) is 8.89. The summed E-state index contributed by atoms with van der Waals surface area (Å²) in [7, 11) is 1.68. The second kappa shape index (κ2) is 15.9. The van der Waals surface area contributed by atoms with Crippen LogP contribution in [-0.4, -0.2) is 42.1 Å². The first-order chi connectivity index (χ1) is 22.3. The van der Waals surface area contributed by atoms with Crippen molar-refractivity contribution in [2.75, 3.05) is 12.9 Å². The number of nitrogens with one attached hydrogen (secondary N) is 1. The van der Waals surface area contributed by atoms with Crippen molar-refractivity contribution in [3.8, 4) is 16.9 Å². The van der Waals surface area contributed by atoms with Gasteiger partial charge in [-0.1, -0.05) is 72.8 Å². The standard InChI is InChI=1S/C37H39NO7S/c1-24(43-25(2)40)36(41)38-21-27-8-6-9-29(18-27)30-10-7-11-31(19-30)37-44-32(23-46-35-13-5-4-12-33(35)42-3)20-34(45-37)28-16-14-26(22-39)15-17-28/h4-19,24,32,34,37,39H,20-23H2,1-3H3,(H,38,41)/t24-,32+,34-,37-/m0/s1. The molecule has 0 spiro atoms. The van der Waals surface area contributed by atoms with E-state index in [1.54, 1.807) is 25.8 Å². The lowest BCUT2D eigenvalue weighted by Gasteiger charge is -2.36. The van der Waals surface area contributed by atoms with Gasteiger partial charge < -0.3 is 29.4 Å². The van der Waals surface area contributed by atoms with Crippen LogP contribution in [0.1, 0.15) is 54.9 Å². The van der Waals surface area contributed by atoms with Gasteiger partial charge in [-0.15, -0.1) is 11.8 Å². The van der Waals surface area contributed by atoms with E-state index in [4.69, 9.17) is 18.9 Å². The molecule has 2 N–H and O–H groups in total. The zero-order valence-corrected chi connectivity index (χ0v) is 27.0. The SMILES string of the molecule is COc1ccccc1SC[C@H]1C[C@@H](c2ccc(CO)cc2)O[C@@H](c2cccc(-c3cccc(CNC(=O)[C@H](C)OC(C)=O)c3)c2)O1. The summed E-state index contributed by atoms with van der Waals surface area (Å²) in [6, 6.07) is 31.9. The summed E-state index contributed by atoms with van der Waals surface area (Å²) >= 11 is 1.70. The van der Waals surface area contributed by atoms with Crippen LogP contribution in [0.3, 0.4) is 0 Å². The Morgan fingerprint density at radius 1 is 0.913 bits per heavy atom. The van der Waals surface area contributed by atoms with E-state index in [1.165, 1.54) is 6.92 Å². The molecule has 1 aliphatic heterocycles. The topological polar surface area (TPSA) is 103 Å². The Kier molecular flexibility index (Phi) is 11.5. The number of carbonyl (C=O) groups is 2. The van der Waals surface area contributed by atoms with Gasteiger partial charge in [0, 0.05) is 36.1 Å². The number of carbonyl (C=O) groups excluding carboxylic acids is 2. The Morgan fingerprint density at radius 3 is 2.39 bits per heavy atom. The second-order valence-corrected chi connectivity index (χ2v) is 12.2. The fourth-order valence-electron chi connectivity index (χ4n) is 5.30. The van der Waals surface area contributed by atoms with Crippen molar-refractivity contribution in [2.24, 2.45) is 0 Å². The summed E-state index contributed by atoms with van der Waals surface area (Å²) in [5.74, 6) is 0.700. The van der Waals surface area contributed by atoms with Gasteiger partial charge in [0.25, 0.3) is 5.91 Å². The second-order valence-electron chi connectivity index (χ2n) is 11.1. The molecule has 1 fully saturated rings. The molecule has 8 nitrogen and oxygen atoms in total. The molecular weight excluding hydrogens is 602 g/mol. The molecule has 4 atom stereocenters. The summed E-state index contributed by atoms with van der Waals surface area (Å²) in [5.41, 5.74) is 5.67. The minimum atomic E-state index is -0.860. The molecule has 1 amide bonds. The highest BCUT2D eigenvalue weighted by Crippen LogP contribution is 2.41. The number of para-hydroxylation sites is 1. The quantitative estimate of drug-likeness (QED) is 0.129. The van der Waals surface area contributed by atoms with E-state index in [9.17, 15) is 14.7 Å². The number of ether oxygens (including phenoxy) is 4. The van der Waals surface area contributed by atoms with Gasteiger partial charge in [0.05, 0.1) is 25.9 Å². The molecule has 4 aromatic rings. The number of esters is 1. The van der Waals surface area contributed by atoms with E-state index in [2.05, 4.69) is 17.4 Å². The van der Waals surface area contributed by atoms with Crippen molar-refractivity contribution in [3.05, 3.63) is 119 Å². The smallest absolute Gasteiger partial charge is 0.303 e. The number of hydrogen-bond donors (Lipinski definition) is 2. The Hall–Kier alpha value is -4.15. The Morgan fingerprint density at radius 2 is 1.65 bits per heavy atom. The number of amides is 1. The van der Waals surface area contributed by atoms with Gasteiger partial charge in [0.2, 0.25) is 0 Å². The van der Waals surface area contributed by atoms with E-state index >= 15 is 0 Å². The first-order valence-corrected chi connectivity index (χ1v) is 16.2. The Balaban J connectivity index is 1.34. The molecule has 1 heterocycles. The molecule has 0 saturated carbocycles. The van der Waals surface area contributed by atoms with Crippen molar-refractivity contribution in [1.82, 2.24) is 5.32 Å². The van der Waals surface area contributed by atoms with Crippen LogP contribution >= 0.6 is 11.8 Å². The number of thioether (sulfide) groups is 1. The molecule has 4 aromatic carbocycles. The molecule has 0 bridgehead atoms. The maximum absolute atomic E-state index is 12.3. The van der Waals surface area contributed by atoms with Crippen molar-refractivity contribution < 1.29 is 33.6 Å². The van der Waals surface area contributed by atoms with E-state index in [-0.39, 0.29) is 24.7 Å². The fourth-order valence-corrected chi connectivity index (χ4v) is 6.35. The van der Waals surface area contributed by atoms with Crippen LogP contribution in [0.5, 0.6) is 5.75 Å². The normalized spacial score (nSPS) is 18.4. The van der Waals surface area contributed by atoms with Gasteiger partial charge in [-0.25, -0.2) is 0 Å². The lowest BCUT2D eigenvalue weighted by atomic mass is 9.99. The first kappa shape index (κ1) is 33.2. The van der Waals surface area contributed by atoms with Gasteiger partial charge in [-0.3, -0.25) is 9.59 Å². The maximum Gasteiger partial charge on any atom is 0.303 e. The van der Waals surface area contributed by atoms with Gasteiger partial charge in [-0.2, -0.15) is 0 Å². The van der Waals surface area contributed by atoms with E-state index in [0.29, 0.717) is 13.0 Å². The summed E-state index contributed by atoms with van der Waals surface area (Å²) in [4.78, 5) is 24.6. The van der Waals surface area contributed by atoms with E-state index in [1.807, 2.05) is 84.9 Å². The highest BCUT2D eigenvalue weighted by molar-refractivity contribution is 7.99. The van der Waals surface area contributed by atoms with E-state index in [0.717, 1.165) is 49.8 Å². The summed E-state index contributed by atoms with van der Waals surface area (Å²) in [6.45, 7) is 3.12. The molecule has 5 rings (SSSR count). The summed E-state index contributed by atoms with van der Waals surface area (Å²) < 4.78 is 23.7. The number of methoxy groups -OCH3 is 1. The largest absolute Gasteiger partial charge is 0.496 e. The Labute approximate surface area is 274 Å². The molecule has 9 heteroatoms. The highest BCUT2D eigenvalue weighted by Gasteiger charge is 2.32. The van der Waals surface area contributed by atoms with Crippen molar-refractivity contribution >= 4 is 23.6 Å². The first-order valence-electron chi connectivity index (χ1n) is 15.2. The van der Waals surface area contributed by atoms with Crippen molar-refractivity contribution in [1.29, 1.82) is 0 Å². The lowest BCUT2D eigenvalue weighted by Crippen LogP contribution is -2.35. The van der Waals surface area contributed by atoms with Gasteiger partial charge in [0.15, 0.2) is 12.4 Å². The van der Waals surface area contributed by atoms with Gasteiger partial charge >= 0.3 is 5.97 Å². The zero-order valence-electron chi connectivity index (χ0n) is 26.2. The number of hydrogen-bond acceptors (Lipinski definition) is 8. The molecule has 1 saturated heterocycles. The number of rotatable bonds is 12. The number of aliphatic hydroxyl groups excluding tert-OH is 1. The van der Waals surface area contributed by atoms with Crippen molar-refractivity contribution in [3.63, 3.8) is 0 Å². The Bertz CT molecular complexity index is 1630. The molecule has 46 heavy (non-hydrogen) atoms.